The highest BCUT2D eigenvalue weighted by Gasteiger charge is 2.21. The van der Waals surface area contributed by atoms with E-state index in [0.717, 1.165) is 0 Å². The van der Waals surface area contributed by atoms with Crippen LogP contribution in [-0.4, -0.2) is 0 Å². The van der Waals surface area contributed by atoms with E-state index in [0.29, 0.717) is 0 Å². The number of hydrogen-bond acceptors (Lipinski definition) is 2. The smallest absolute Gasteiger partial charge is 0.0449 e. The Morgan fingerprint density at radius 3 is 1.59 bits per heavy atom. The van der Waals surface area contributed by atoms with Crippen LogP contribution in [0.1, 0.15) is 0 Å². The highest BCUT2D eigenvalue weighted by molar-refractivity contribution is 7.30. The maximum absolute atomic E-state index is 2.48. The van der Waals surface area contributed by atoms with E-state index in [1.165, 1.54) is 117 Å². The molecule has 0 saturated heterocycles. The average molecular weight is 719 g/mol. The first-order valence-electron chi connectivity index (χ1n) is 18.5. The molecule has 0 aliphatic heterocycles. The zero-order valence-electron chi connectivity index (χ0n) is 29.1. The Kier molecular flexibility index (Phi) is 6.48. The van der Waals surface area contributed by atoms with E-state index < -0.39 is 0 Å². The highest BCUT2D eigenvalue weighted by atomic mass is 32.1. The number of benzene rings is 10. The van der Waals surface area contributed by atoms with E-state index in [9.17, 15) is 0 Å². The predicted molar refractivity (Wildman–Crippen MR) is 239 cm³/mol. The molecule has 2 heteroatoms. The molecule has 0 saturated carbocycles. The fourth-order valence-corrected chi connectivity index (χ4v) is 11.6. The molecule has 2 heterocycles. The zero-order valence-corrected chi connectivity index (χ0v) is 30.8. The van der Waals surface area contributed by atoms with E-state index in [4.69, 9.17) is 0 Å². The van der Waals surface area contributed by atoms with Crippen molar-refractivity contribution in [3.05, 3.63) is 182 Å². The molecule has 10 aromatic carbocycles. The van der Waals surface area contributed by atoms with Gasteiger partial charge in [0, 0.05) is 45.9 Å². The molecule has 0 amide bonds. The zero-order chi connectivity index (χ0) is 35.3. The van der Waals surface area contributed by atoms with Crippen LogP contribution in [0.15, 0.2) is 182 Å². The molecule has 0 unspecified atom stereocenters. The lowest BCUT2D eigenvalue weighted by atomic mass is 9.84. The van der Waals surface area contributed by atoms with Crippen LogP contribution in [0, 0.1) is 0 Å². The topological polar surface area (TPSA) is 0 Å². The summed E-state index contributed by atoms with van der Waals surface area (Å²) < 4.78 is 5.42. The van der Waals surface area contributed by atoms with Crippen molar-refractivity contribution in [2.24, 2.45) is 0 Å². The van der Waals surface area contributed by atoms with Crippen LogP contribution in [0.4, 0.5) is 0 Å². The normalized spacial score (nSPS) is 12.1. The fourth-order valence-electron chi connectivity index (χ4n) is 9.03. The van der Waals surface area contributed by atoms with Gasteiger partial charge in [0.1, 0.15) is 0 Å². The van der Waals surface area contributed by atoms with Gasteiger partial charge in [0.15, 0.2) is 0 Å². The third-order valence-electron chi connectivity index (χ3n) is 11.4. The summed E-state index contributed by atoms with van der Waals surface area (Å²) in [4.78, 5) is 0. The van der Waals surface area contributed by atoms with Gasteiger partial charge in [-0.05, 0) is 101 Å². The molecule has 12 aromatic rings. The van der Waals surface area contributed by atoms with Gasteiger partial charge < -0.3 is 0 Å². The summed E-state index contributed by atoms with van der Waals surface area (Å²) in [6.45, 7) is 0. The van der Waals surface area contributed by atoms with Gasteiger partial charge in [-0.15, -0.1) is 22.7 Å². The number of hydrogen-bond donors (Lipinski definition) is 0. The van der Waals surface area contributed by atoms with Gasteiger partial charge in [-0.1, -0.05) is 152 Å². The van der Waals surface area contributed by atoms with Crippen molar-refractivity contribution in [3.8, 4) is 33.4 Å². The lowest BCUT2D eigenvalue weighted by Crippen LogP contribution is -1.92. The molecule has 2 aromatic heterocycles. The van der Waals surface area contributed by atoms with Crippen LogP contribution < -0.4 is 0 Å². The minimum Gasteiger partial charge on any atom is -0.134 e. The monoisotopic (exact) mass is 718 g/mol. The second-order valence-corrected chi connectivity index (χ2v) is 16.5. The molecule has 250 valence electrons. The molecule has 0 atom stereocenters. The Labute approximate surface area is 319 Å². The lowest BCUT2D eigenvalue weighted by molar-refractivity contribution is 1.65. The van der Waals surface area contributed by atoms with Gasteiger partial charge in [-0.2, -0.15) is 0 Å². The van der Waals surface area contributed by atoms with E-state index >= 15 is 0 Å². The third-order valence-corrected chi connectivity index (χ3v) is 13.8. The van der Waals surface area contributed by atoms with Crippen LogP contribution >= 0.6 is 22.7 Å². The van der Waals surface area contributed by atoms with E-state index in [2.05, 4.69) is 182 Å². The molecule has 0 bridgehead atoms. The van der Waals surface area contributed by atoms with E-state index in [1.54, 1.807) is 0 Å². The van der Waals surface area contributed by atoms with Gasteiger partial charge in [-0.3, -0.25) is 0 Å². The molecular weight excluding hydrogens is 689 g/mol. The van der Waals surface area contributed by atoms with Crippen LogP contribution in [0.3, 0.4) is 0 Å². The number of rotatable bonds is 3. The summed E-state index contributed by atoms with van der Waals surface area (Å²) in [5, 5.41) is 15.6. The van der Waals surface area contributed by atoms with Crippen molar-refractivity contribution < 1.29 is 0 Å². The summed E-state index contributed by atoms with van der Waals surface area (Å²) in [6, 6.07) is 67.8. The minimum atomic E-state index is 1.24. The summed E-state index contributed by atoms with van der Waals surface area (Å²) in [5.74, 6) is 0. The quantitative estimate of drug-likeness (QED) is 0.160. The Balaban J connectivity index is 1.16. The van der Waals surface area contributed by atoms with Gasteiger partial charge in [0.25, 0.3) is 0 Å². The van der Waals surface area contributed by atoms with Crippen LogP contribution in [0.25, 0.3) is 117 Å². The molecule has 0 aliphatic carbocycles. The van der Waals surface area contributed by atoms with Crippen LogP contribution in [-0.2, 0) is 0 Å². The molecule has 0 N–H and O–H groups in total. The first kappa shape index (κ1) is 30.2. The predicted octanol–water partition coefficient (Wildman–Crippen LogP) is 16.0. The van der Waals surface area contributed by atoms with Crippen LogP contribution in [0.2, 0.25) is 0 Å². The minimum absolute atomic E-state index is 1.24. The molecule has 0 aliphatic rings. The van der Waals surface area contributed by atoms with Crippen molar-refractivity contribution in [2.45, 2.75) is 0 Å². The lowest BCUT2D eigenvalue weighted by Gasteiger charge is -2.19. The molecule has 0 radical (unpaired) electrons. The Morgan fingerprint density at radius 1 is 0.278 bits per heavy atom. The average Bonchev–Trinajstić information content (AvgIpc) is 3.79. The van der Waals surface area contributed by atoms with Crippen molar-refractivity contribution in [2.75, 3.05) is 0 Å². The maximum Gasteiger partial charge on any atom is 0.0449 e. The Bertz CT molecular complexity index is 3440. The maximum atomic E-state index is 2.48. The second kappa shape index (κ2) is 11.6. The first-order chi connectivity index (χ1) is 26.8. The van der Waals surface area contributed by atoms with Crippen molar-refractivity contribution >= 4 is 106 Å². The second-order valence-electron chi connectivity index (χ2n) is 14.3. The van der Waals surface area contributed by atoms with Crippen molar-refractivity contribution in [1.29, 1.82) is 0 Å². The first-order valence-corrected chi connectivity index (χ1v) is 20.1. The summed E-state index contributed by atoms with van der Waals surface area (Å²) in [5.41, 5.74) is 7.64. The highest BCUT2D eigenvalue weighted by Crippen LogP contribution is 2.50. The Morgan fingerprint density at radius 2 is 0.833 bits per heavy atom. The molecule has 0 spiro atoms. The van der Waals surface area contributed by atoms with Crippen molar-refractivity contribution in [3.63, 3.8) is 0 Å². The fraction of sp³-hybridized carbons (Fsp3) is 0. The van der Waals surface area contributed by atoms with Gasteiger partial charge >= 0.3 is 0 Å². The SMILES string of the molecule is c1cc(-c2c3ccccc3c(-c3cccc4ccccc34)c3ccccc23)cc(-c2cc3c4ccccc4sc3c3c2sc2cc4ccccc4cc23)c1. The number of thiophene rings is 2. The summed E-state index contributed by atoms with van der Waals surface area (Å²) in [6.07, 6.45) is 0. The molecular formula is C52H30S2. The van der Waals surface area contributed by atoms with Gasteiger partial charge in [-0.25, -0.2) is 0 Å². The largest absolute Gasteiger partial charge is 0.134 e. The third kappa shape index (κ3) is 4.36. The van der Waals surface area contributed by atoms with E-state index in [1.807, 2.05) is 22.7 Å². The number of fused-ring (bicyclic) bond motifs is 11. The molecule has 0 nitrogen and oxygen atoms in total. The Hall–Kier alpha value is -6.32. The summed E-state index contributed by atoms with van der Waals surface area (Å²) in [7, 11) is 0. The molecule has 0 fully saturated rings. The van der Waals surface area contributed by atoms with Gasteiger partial charge in [0.05, 0.1) is 0 Å². The molecule has 12 rings (SSSR count). The summed E-state index contributed by atoms with van der Waals surface area (Å²) >= 11 is 3.87. The van der Waals surface area contributed by atoms with Gasteiger partial charge in [0.2, 0.25) is 0 Å². The van der Waals surface area contributed by atoms with Crippen molar-refractivity contribution in [1.82, 2.24) is 0 Å². The molecule has 54 heavy (non-hydrogen) atoms. The van der Waals surface area contributed by atoms with E-state index in [-0.39, 0.29) is 0 Å². The standard InChI is InChI=1S/C52H30S2/c1-2-15-33-29-47-45(28-32(33)14-1)50-51(54-47)43(30-44-37-20-9-10-26-46(37)53-52(44)50)34-17-11-18-35(27-34)48-39-21-5-7-23-41(39)49(42-24-8-6-22-40(42)48)38-25-12-16-31-13-3-4-19-36(31)38/h1-30H. The van der Waals surface area contributed by atoms with Crippen LogP contribution in [0.5, 0.6) is 0 Å².